The van der Waals surface area contributed by atoms with E-state index in [1.54, 1.807) is 19.2 Å². The minimum atomic E-state index is -0.188. The third-order valence-electron chi connectivity index (χ3n) is 4.47. The molecule has 2 aromatic carbocycles. The lowest BCUT2D eigenvalue weighted by Crippen LogP contribution is -2.45. The third kappa shape index (κ3) is 4.95. The van der Waals surface area contributed by atoms with Crippen LogP contribution in [0.5, 0.6) is 0 Å². The number of halogens is 1. The van der Waals surface area contributed by atoms with Gasteiger partial charge in [-0.2, -0.15) is 0 Å². The van der Waals surface area contributed by atoms with E-state index in [9.17, 15) is 4.39 Å². The zero-order chi connectivity index (χ0) is 17.5. The van der Waals surface area contributed by atoms with E-state index in [4.69, 9.17) is 0 Å². The Labute approximate surface area is 148 Å². The Balaban J connectivity index is 1.45. The van der Waals surface area contributed by atoms with Gasteiger partial charge < -0.3 is 15.5 Å². The Morgan fingerprint density at radius 2 is 2.04 bits per heavy atom. The minimum absolute atomic E-state index is 0.188. The number of rotatable bonds is 5. The highest BCUT2D eigenvalue weighted by Crippen LogP contribution is 2.19. The normalized spacial score (nSPS) is 17.6. The Hall–Kier alpha value is -2.56. The van der Waals surface area contributed by atoms with Crippen LogP contribution in [0.25, 0.3) is 0 Å². The molecular formula is C20H25FN4. The van der Waals surface area contributed by atoms with Crippen molar-refractivity contribution < 1.29 is 4.39 Å². The molecule has 0 aliphatic carbocycles. The molecule has 0 bridgehead atoms. The van der Waals surface area contributed by atoms with Crippen molar-refractivity contribution >= 4 is 11.6 Å². The van der Waals surface area contributed by atoms with Gasteiger partial charge in [-0.25, -0.2) is 4.39 Å². The molecule has 132 valence electrons. The maximum Gasteiger partial charge on any atom is 0.191 e. The highest BCUT2D eigenvalue weighted by molar-refractivity contribution is 5.80. The summed E-state index contributed by atoms with van der Waals surface area (Å²) < 4.78 is 13.2. The first-order valence-electron chi connectivity index (χ1n) is 8.76. The van der Waals surface area contributed by atoms with Gasteiger partial charge in [-0.1, -0.05) is 30.3 Å². The van der Waals surface area contributed by atoms with Crippen molar-refractivity contribution in [1.82, 2.24) is 10.6 Å². The second kappa shape index (κ2) is 8.51. The summed E-state index contributed by atoms with van der Waals surface area (Å²) in [4.78, 5) is 6.69. The van der Waals surface area contributed by atoms with Gasteiger partial charge in [-0.3, -0.25) is 4.99 Å². The van der Waals surface area contributed by atoms with Crippen LogP contribution in [0.1, 0.15) is 12.0 Å². The summed E-state index contributed by atoms with van der Waals surface area (Å²) in [6.45, 7) is 2.73. The van der Waals surface area contributed by atoms with Crippen LogP contribution in [0.4, 0.5) is 10.1 Å². The number of hydrogen-bond donors (Lipinski definition) is 2. The molecule has 0 spiro atoms. The average Bonchev–Trinajstić information content (AvgIpc) is 3.10. The van der Waals surface area contributed by atoms with E-state index < -0.39 is 0 Å². The fourth-order valence-corrected chi connectivity index (χ4v) is 3.16. The highest BCUT2D eigenvalue weighted by Gasteiger charge is 2.23. The van der Waals surface area contributed by atoms with E-state index in [1.165, 1.54) is 11.8 Å². The molecule has 0 saturated carbocycles. The first-order chi connectivity index (χ1) is 12.2. The molecular weight excluding hydrogens is 315 g/mol. The van der Waals surface area contributed by atoms with Crippen LogP contribution in [0.3, 0.4) is 0 Å². The topological polar surface area (TPSA) is 39.7 Å². The second-order valence-electron chi connectivity index (χ2n) is 6.29. The Kier molecular flexibility index (Phi) is 5.88. The first kappa shape index (κ1) is 17.3. The molecule has 1 heterocycles. The van der Waals surface area contributed by atoms with Crippen LogP contribution in [0, 0.1) is 5.82 Å². The predicted molar refractivity (Wildman–Crippen MR) is 102 cm³/mol. The number of aliphatic imine (C=N–C) groups is 1. The number of nitrogens with one attached hydrogen (secondary N) is 2. The molecule has 1 aliphatic heterocycles. The van der Waals surface area contributed by atoms with Gasteiger partial charge in [0.25, 0.3) is 0 Å². The molecule has 1 saturated heterocycles. The van der Waals surface area contributed by atoms with Crippen molar-refractivity contribution in [3.8, 4) is 0 Å². The summed E-state index contributed by atoms with van der Waals surface area (Å²) in [5.74, 6) is 0.614. The fraction of sp³-hybridized carbons (Fsp3) is 0.350. The lowest BCUT2D eigenvalue weighted by atomic mass is 10.1. The number of hydrogen-bond acceptors (Lipinski definition) is 2. The van der Waals surface area contributed by atoms with Crippen molar-refractivity contribution in [2.75, 3.05) is 31.6 Å². The van der Waals surface area contributed by atoms with Crippen molar-refractivity contribution in [1.29, 1.82) is 0 Å². The smallest absolute Gasteiger partial charge is 0.191 e. The van der Waals surface area contributed by atoms with Gasteiger partial charge in [0.15, 0.2) is 5.96 Å². The number of guanidine groups is 1. The quantitative estimate of drug-likeness (QED) is 0.649. The molecule has 1 fully saturated rings. The van der Waals surface area contributed by atoms with Crippen LogP contribution in [-0.4, -0.2) is 38.7 Å². The van der Waals surface area contributed by atoms with E-state index in [0.717, 1.165) is 44.0 Å². The number of nitrogens with zero attached hydrogens (tertiary/aromatic N) is 2. The fourth-order valence-electron chi connectivity index (χ4n) is 3.16. The summed E-state index contributed by atoms with van der Waals surface area (Å²) in [5, 5.41) is 6.80. The molecule has 4 nitrogen and oxygen atoms in total. The molecule has 1 aliphatic rings. The summed E-state index contributed by atoms with van der Waals surface area (Å²) >= 11 is 0. The standard InChI is InChI=1S/C20H25FN4/c1-22-20(23-12-10-16-6-5-7-17(21)14-16)24-18-11-13-25(15-18)19-8-3-2-4-9-19/h2-9,14,18H,10-13,15H2,1H3,(H2,22,23,24). The van der Waals surface area contributed by atoms with E-state index in [0.29, 0.717) is 6.04 Å². The Morgan fingerprint density at radius 1 is 1.20 bits per heavy atom. The van der Waals surface area contributed by atoms with E-state index in [-0.39, 0.29) is 5.82 Å². The SMILES string of the molecule is CN=C(NCCc1cccc(F)c1)NC1CCN(c2ccccc2)C1. The number of benzene rings is 2. The third-order valence-corrected chi connectivity index (χ3v) is 4.47. The predicted octanol–water partition coefficient (Wildman–Crippen LogP) is 2.81. The van der Waals surface area contributed by atoms with Gasteiger partial charge in [0, 0.05) is 38.4 Å². The van der Waals surface area contributed by atoms with Crippen LogP contribution < -0.4 is 15.5 Å². The number of para-hydroxylation sites is 1. The monoisotopic (exact) mass is 340 g/mol. The summed E-state index contributed by atoms with van der Waals surface area (Å²) in [6, 6.07) is 17.6. The van der Waals surface area contributed by atoms with Crippen molar-refractivity contribution in [3.63, 3.8) is 0 Å². The maximum absolute atomic E-state index is 13.2. The maximum atomic E-state index is 13.2. The Bertz CT molecular complexity index is 702. The van der Waals surface area contributed by atoms with Crippen LogP contribution >= 0.6 is 0 Å². The van der Waals surface area contributed by atoms with Gasteiger partial charge >= 0.3 is 0 Å². The highest BCUT2D eigenvalue weighted by atomic mass is 19.1. The summed E-state index contributed by atoms with van der Waals surface area (Å²) in [6.07, 6.45) is 1.85. The molecule has 3 rings (SSSR count). The van der Waals surface area contributed by atoms with E-state index in [1.807, 2.05) is 12.1 Å². The molecule has 2 N–H and O–H groups in total. The molecule has 5 heteroatoms. The van der Waals surface area contributed by atoms with E-state index >= 15 is 0 Å². The van der Waals surface area contributed by atoms with Crippen molar-refractivity contribution in [2.45, 2.75) is 18.9 Å². The van der Waals surface area contributed by atoms with Gasteiger partial charge in [-0.05, 0) is 42.7 Å². The van der Waals surface area contributed by atoms with E-state index in [2.05, 4.69) is 44.8 Å². The zero-order valence-electron chi connectivity index (χ0n) is 14.6. The zero-order valence-corrected chi connectivity index (χ0v) is 14.6. The van der Waals surface area contributed by atoms with Gasteiger partial charge in [-0.15, -0.1) is 0 Å². The number of anilines is 1. The summed E-state index contributed by atoms with van der Waals surface area (Å²) in [5.41, 5.74) is 2.25. The minimum Gasteiger partial charge on any atom is -0.369 e. The van der Waals surface area contributed by atoms with Crippen LogP contribution in [0.2, 0.25) is 0 Å². The molecule has 0 radical (unpaired) electrons. The molecule has 0 aromatic heterocycles. The molecule has 2 aromatic rings. The van der Waals surface area contributed by atoms with Crippen LogP contribution in [0.15, 0.2) is 59.6 Å². The first-order valence-corrected chi connectivity index (χ1v) is 8.76. The Morgan fingerprint density at radius 3 is 2.80 bits per heavy atom. The molecule has 25 heavy (non-hydrogen) atoms. The molecule has 1 unspecified atom stereocenters. The molecule has 0 amide bonds. The van der Waals surface area contributed by atoms with Crippen LogP contribution in [-0.2, 0) is 6.42 Å². The molecule has 1 atom stereocenters. The average molecular weight is 340 g/mol. The lowest BCUT2D eigenvalue weighted by molar-refractivity contribution is 0.624. The summed E-state index contributed by atoms with van der Waals surface area (Å²) in [7, 11) is 1.78. The largest absolute Gasteiger partial charge is 0.369 e. The van der Waals surface area contributed by atoms with Crippen molar-refractivity contribution in [2.24, 2.45) is 4.99 Å². The lowest BCUT2D eigenvalue weighted by Gasteiger charge is -2.20. The van der Waals surface area contributed by atoms with Gasteiger partial charge in [0.05, 0.1) is 0 Å². The van der Waals surface area contributed by atoms with Gasteiger partial charge in [0.1, 0.15) is 5.82 Å². The second-order valence-corrected chi connectivity index (χ2v) is 6.29. The van der Waals surface area contributed by atoms with Crippen molar-refractivity contribution in [3.05, 3.63) is 66.0 Å². The van der Waals surface area contributed by atoms with Gasteiger partial charge in [0.2, 0.25) is 0 Å².